The van der Waals surface area contributed by atoms with Crippen LogP contribution in [0.1, 0.15) is 6.92 Å². The molecule has 1 N–H and O–H groups in total. The van der Waals surface area contributed by atoms with Gasteiger partial charge in [-0.1, -0.05) is 11.6 Å². The van der Waals surface area contributed by atoms with Crippen molar-refractivity contribution in [2.75, 3.05) is 10.5 Å². The van der Waals surface area contributed by atoms with Gasteiger partial charge >= 0.3 is 0 Å². The van der Waals surface area contributed by atoms with Gasteiger partial charge in [-0.2, -0.15) is 0 Å². The highest BCUT2D eigenvalue weighted by Gasteiger charge is 2.12. The number of nitro groups is 1. The molecule has 0 aliphatic rings. The molecule has 0 aliphatic carbocycles. The molecule has 0 saturated carbocycles. The summed E-state index contributed by atoms with van der Waals surface area (Å²) in [5.74, 6) is -0.118. The second-order valence-electron chi connectivity index (χ2n) is 2.96. The van der Waals surface area contributed by atoms with Crippen LogP contribution >= 0.6 is 11.6 Å². The van der Waals surface area contributed by atoms with E-state index in [1.54, 1.807) is 0 Å². The lowest BCUT2D eigenvalue weighted by molar-refractivity contribution is -0.384. The quantitative estimate of drug-likeness (QED) is 0.665. The zero-order chi connectivity index (χ0) is 12.3. The summed E-state index contributed by atoms with van der Waals surface area (Å²) >= 11 is 5.63. The first kappa shape index (κ1) is 12.7. The third-order valence-corrected chi connectivity index (χ3v) is 3.27. The van der Waals surface area contributed by atoms with Crippen molar-refractivity contribution in [1.82, 2.24) is 0 Å². The topological polar surface area (TPSA) is 89.3 Å². The maximum absolute atomic E-state index is 11.2. The van der Waals surface area contributed by atoms with E-state index in [0.29, 0.717) is 0 Å². The van der Waals surface area contributed by atoms with Gasteiger partial charge in [0.25, 0.3) is 5.69 Å². The van der Waals surface area contributed by atoms with Gasteiger partial charge in [0, 0.05) is 17.2 Å². The molecule has 0 atom stereocenters. The Labute approximate surface area is 97.4 Å². The highest BCUT2D eigenvalue weighted by atomic mass is 35.5. The van der Waals surface area contributed by atoms with E-state index in [0.717, 1.165) is 12.1 Å². The second kappa shape index (κ2) is 4.67. The maximum atomic E-state index is 11.2. The molecule has 1 aromatic carbocycles. The Balaban J connectivity index is 3.11. The average molecular weight is 265 g/mol. The standard InChI is InChI=1S/C8H9ClN2O4S/c1-2-16(14,15)10-7-3-6(9)4-8(5-7)11(12)13/h3-5,10H,2H2,1H3. The van der Waals surface area contributed by atoms with Crippen LogP contribution in [0, 0.1) is 10.1 Å². The minimum Gasteiger partial charge on any atom is -0.283 e. The summed E-state index contributed by atoms with van der Waals surface area (Å²) in [5, 5.41) is 10.6. The number of benzene rings is 1. The van der Waals surface area contributed by atoms with Crippen molar-refractivity contribution >= 4 is 33.0 Å². The number of halogens is 1. The lowest BCUT2D eigenvalue weighted by atomic mass is 10.3. The van der Waals surface area contributed by atoms with E-state index in [1.165, 1.54) is 13.0 Å². The number of sulfonamides is 1. The first-order valence-electron chi connectivity index (χ1n) is 4.29. The predicted molar refractivity (Wildman–Crippen MR) is 61.2 cm³/mol. The fraction of sp³-hybridized carbons (Fsp3) is 0.250. The number of nitro benzene ring substituents is 1. The smallest absolute Gasteiger partial charge is 0.273 e. The molecule has 0 aliphatic heterocycles. The third-order valence-electron chi connectivity index (χ3n) is 1.75. The molecule has 0 unspecified atom stereocenters. The maximum Gasteiger partial charge on any atom is 0.273 e. The van der Waals surface area contributed by atoms with Gasteiger partial charge < -0.3 is 0 Å². The first-order valence-corrected chi connectivity index (χ1v) is 6.32. The van der Waals surface area contributed by atoms with Crippen molar-refractivity contribution in [3.05, 3.63) is 33.3 Å². The van der Waals surface area contributed by atoms with Gasteiger partial charge in [-0.05, 0) is 13.0 Å². The van der Waals surface area contributed by atoms with E-state index in [1.807, 2.05) is 0 Å². The summed E-state index contributed by atoms with van der Waals surface area (Å²) in [6.07, 6.45) is 0. The molecular weight excluding hydrogens is 256 g/mol. The number of nitrogens with zero attached hydrogens (tertiary/aromatic N) is 1. The summed E-state index contributed by atoms with van der Waals surface area (Å²) in [6.45, 7) is 1.46. The Bertz CT molecular complexity index is 515. The number of nitrogens with one attached hydrogen (secondary N) is 1. The molecule has 0 spiro atoms. The lowest BCUT2D eigenvalue weighted by Crippen LogP contribution is -2.14. The highest BCUT2D eigenvalue weighted by molar-refractivity contribution is 7.92. The van der Waals surface area contributed by atoms with Crippen molar-refractivity contribution in [3.8, 4) is 0 Å². The first-order chi connectivity index (χ1) is 7.34. The molecule has 0 fully saturated rings. The highest BCUT2D eigenvalue weighted by Crippen LogP contribution is 2.24. The van der Waals surface area contributed by atoms with Crippen LogP contribution in [0.3, 0.4) is 0 Å². The molecule has 88 valence electrons. The fourth-order valence-corrected chi connectivity index (χ4v) is 1.84. The van der Waals surface area contributed by atoms with Crippen LogP contribution in [0.15, 0.2) is 18.2 Å². The van der Waals surface area contributed by atoms with Crippen molar-refractivity contribution in [2.45, 2.75) is 6.92 Å². The second-order valence-corrected chi connectivity index (χ2v) is 5.41. The molecule has 1 aromatic rings. The van der Waals surface area contributed by atoms with Gasteiger partial charge in [-0.3, -0.25) is 14.8 Å². The summed E-state index contributed by atoms with van der Waals surface area (Å²) < 4.78 is 24.7. The lowest BCUT2D eigenvalue weighted by Gasteiger charge is -2.05. The van der Waals surface area contributed by atoms with Crippen molar-refractivity contribution in [3.63, 3.8) is 0 Å². The fourth-order valence-electron chi connectivity index (χ4n) is 0.990. The Morgan fingerprint density at radius 1 is 1.44 bits per heavy atom. The van der Waals surface area contributed by atoms with Gasteiger partial charge in [0.15, 0.2) is 0 Å². The number of hydrogen-bond donors (Lipinski definition) is 1. The molecule has 6 nitrogen and oxygen atoms in total. The molecule has 0 bridgehead atoms. The van der Waals surface area contributed by atoms with Crippen LogP contribution in [0.2, 0.25) is 5.02 Å². The molecule has 0 saturated heterocycles. The van der Waals surface area contributed by atoms with E-state index < -0.39 is 14.9 Å². The predicted octanol–water partition coefficient (Wildman–Crippen LogP) is 2.01. The van der Waals surface area contributed by atoms with Crippen LogP contribution in [0.4, 0.5) is 11.4 Å². The molecule has 0 radical (unpaired) electrons. The van der Waals surface area contributed by atoms with E-state index in [4.69, 9.17) is 11.6 Å². The third kappa shape index (κ3) is 3.35. The van der Waals surface area contributed by atoms with Gasteiger partial charge in [0.05, 0.1) is 16.4 Å². The van der Waals surface area contributed by atoms with Crippen LogP contribution < -0.4 is 4.72 Å². The summed E-state index contributed by atoms with van der Waals surface area (Å²) in [7, 11) is -3.46. The van der Waals surface area contributed by atoms with Gasteiger partial charge in [0.1, 0.15) is 0 Å². The van der Waals surface area contributed by atoms with E-state index in [2.05, 4.69) is 4.72 Å². The molecule has 0 heterocycles. The van der Waals surface area contributed by atoms with E-state index >= 15 is 0 Å². The number of non-ortho nitro benzene ring substituents is 1. The zero-order valence-corrected chi connectivity index (χ0v) is 9.88. The molecule has 8 heteroatoms. The SMILES string of the molecule is CCS(=O)(=O)Nc1cc(Cl)cc([N+](=O)[O-])c1. The monoisotopic (exact) mass is 264 g/mol. The Hall–Kier alpha value is -1.34. The van der Waals surface area contributed by atoms with Crippen molar-refractivity contribution in [1.29, 1.82) is 0 Å². The van der Waals surface area contributed by atoms with E-state index in [-0.39, 0.29) is 22.2 Å². The number of anilines is 1. The summed E-state index contributed by atoms with van der Waals surface area (Å²) in [4.78, 5) is 9.87. The number of hydrogen-bond acceptors (Lipinski definition) is 4. The number of rotatable bonds is 4. The van der Waals surface area contributed by atoms with Crippen LogP contribution in [-0.2, 0) is 10.0 Å². The molecule has 1 rings (SSSR count). The van der Waals surface area contributed by atoms with Gasteiger partial charge in [-0.15, -0.1) is 0 Å². The van der Waals surface area contributed by atoms with Crippen molar-refractivity contribution < 1.29 is 13.3 Å². The van der Waals surface area contributed by atoms with Crippen LogP contribution in [-0.4, -0.2) is 19.1 Å². The van der Waals surface area contributed by atoms with Crippen molar-refractivity contribution in [2.24, 2.45) is 0 Å². The largest absolute Gasteiger partial charge is 0.283 e. The Morgan fingerprint density at radius 3 is 2.56 bits per heavy atom. The summed E-state index contributed by atoms with van der Waals surface area (Å²) in [5.41, 5.74) is -0.178. The normalized spacial score (nSPS) is 11.1. The minimum absolute atomic E-state index is 0.0843. The zero-order valence-electron chi connectivity index (χ0n) is 8.31. The summed E-state index contributed by atoms with van der Waals surface area (Å²) in [6, 6.07) is 3.56. The van der Waals surface area contributed by atoms with E-state index in [9.17, 15) is 18.5 Å². The Kier molecular flexibility index (Phi) is 3.71. The molecular formula is C8H9ClN2O4S. The Morgan fingerprint density at radius 2 is 2.06 bits per heavy atom. The molecule has 0 amide bonds. The van der Waals surface area contributed by atoms with Gasteiger partial charge in [-0.25, -0.2) is 8.42 Å². The van der Waals surface area contributed by atoms with Crippen LogP contribution in [0.25, 0.3) is 0 Å². The minimum atomic E-state index is -3.46. The van der Waals surface area contributed by atoms with Crippen LogP contribution in [0.5, 0.6) is 0 Å². The molecule has 16 heavy (non-hydrogen) atoms. The molecule has 0 aromatic heterocycles. The van der Waals surface area contributed by atoms with Gasteiger partial charge in [0.2, 0.25) is 10.0 Å². The average Bonchev–Trinajstić information content (AvgIpc) is 2.16.